The van der Waals surface area contributed by atoms with Crippen LogP contribution in [-0.4, -0.2) is 15.7 Å². The van der Waals surface area contributed by atoms with Gasteiger partial charge in [0.1, 0.15) is 0 Å². The van der Waals surface area contributed by atoms with Gasteiger partial charge in [-0.1, -0.05) is 87.0 Å². The SMILES string of the molecule is CC(C)c1cccc2c1[S+]([O-])c1ccccc1C2.CCCOc1ccc(Cl)c2c1[S+]([O-])c1ccccc1C2. The van der Waals surface area contributed by atoms with Gasteiger partial charge in [-0.2, -0.15) is 0 Å². The monoisotopic (exact) mass is 562 g/mol. The average Bonchev–Trinajstić information content (AvgIpc) is 2.93. The van der Waals surface area contributed by atoms with Gasteiger partial charge in [-0.15, -0.1) is 0 Å². The molecule has 0 amide bonds. The Kier molecular flexibility index (Phi) is 8.41. The van der Waals surface area contributed by atoms with Crippen molar-refractivity contribution in [2.24, 2.45) is 0 Å². The van der Waals surface area contributed by atoms with E-state index in [9.17, 15) is 9.11 Å². The lowest BCUT2D eigenvalue weighted by molar-refractivity contribution is 0.308. The van der Waals surface area contributed by atoms with Gasteiger partial charge in [-0.05, 0) is 36.6 Å². The Morgan fingerprint density at radius 3 is 2.03 bits per heavy atom. The second-order valence-electron chi connectivity index (χ2n) is 9.80. The Balaban J connectivity index is 0.000000156. The molecule has 3 nitrogen and oxygen atoms in total. The van der Waals surface area contributed by atoms with Gasteiger partial charge in [0.05, 0.1) is 6.61 Å². The molecule has 0 saturated carbocycles. The first-order valence-electron chi connectivity index (χ1n) is 13.0. The highest BCUT2D eigenvalue weighted by molar-refractivity contribution is 7.92. The van der Waals surface area contributed by atoms with E-state index in [1.807, 2.05) is 54.6 Å². The number of hydrogen-bond donors (Lipinski definition) is 0. The fourth-order valence-electron chi connectivity index (χ4n) is 4.98. The highest BCUT2D eigenvalue weighted by atomic mass is 35.5. The molecule has 2 unspecified atom stereocenters. The number of ether oxygens (including phenoxy) is 1. The maximum Gasteiger partial charge on any atom is 0.205 e. The van der Waals surface area contributed by atoms with Gasteiger partial charge < -0.3 is 13.8 Å². The van der Waals surface area contributed by atoms with E-state index in [4.69, 9.17) is 16.3 Å². The molecule has 0 aliphatic carbocycles. The van der Waals surface area contributed by atoms with Crippen molar-refractivity contribution >= 4 is 34.0 Å². The molecule has 6 heteroatoms. The summed E-state index contributed by atoms with van der Waals surface area (Å²) in [5.41, 5.74) is 5.65. The molecular formula is C32H31ClO3S2. The second-order valence-corrected chi connectivity index (χ2v) is 13.0. The molecule has 196 valence electrons. The Morgan fingerprint density at radius 1 is 0.763 bits per heavy atom. The number of halogens is 1. The lowest BCUT2D eigenvalue weighted by Gasteiger charge is -2.24. The van der Waals surface area contributed by atoms with E-state index < -0.39 is 22.4 Å². The molecule has 4 aromatic rings. The van der Waals surface area contributed by atoms with Crippen molar-refractivity contribution in [3.63, 3.8) is 0 Å². The van der Waals surface area contributed by atoms with Gasteiger partial charge in [-0.3, -0.25) is 0 Å². The van der Waals surface area contributed by atoms with Gasteiger partial charge in [0.15, 0.2) is 20.4 Å². The number of benzene rings is 4. The molecule has 4 aromatic carbocycles. The molecule has 2 aliphatic rings. The predicted molar refractivity (Wildman–Crippen MR) is 156 cm³/mol. The summed E-state index contributed by atoms with van der Waals surface area (Å²) in [5, 5.41) is 0.659. The van der Waals surface area contributed by atoms with Crippen LogP contribution in [0.25, 0.3) is 0 Å². The molecule has 0 fully saturated rings. The van der Waals surface area contributed by atoms with E-state index in [2.05, 4.69) is 45.0 Å². The van der Waals surface area contributed by atoms with Crippen LogP contribution in [0, 0.1) is 0 Å². The van der Waals surface area contributed by atoms with E-state index in [0.29, 0.717) is 29.7 Å². The van der Waals surface area contributed by atoms with E-state index in [-0.39, 0.29) is 0 Å². The van der Waals surface area contributed by atoms with E-state index in [0.717, 1.165) is 43.6 Å². The maximum atomic E-state index is 12.8. The van der Waals surface area contributed by atoms with Crippen molar-refractivity contribution < 1.29 is 13.8 Å². The summed E-state index contributed by atoms with van der Waals surface area (Å²) in [6.07, 6.45) is 2.53. The first-order valence-corrected chi connectivity index (χ1v) is 15.6. The van der Waals surface area contributed by atoms with E-state index in [1.54, 1.807) is 0 Å². The minimum atomic E-state index is -1.22. The van der Waals surface area contributed by atoms with Crippen LogP contribution in [0.3, 0.4) is 0 Å². The molecule has 0 radical (unpaired) electrons. The van der Waals surface area contributed by atoms with Crippen molar-refractivity contribution in [3.05, 3.63) is 112 Å². The van der Waals surface area contributed by atoms with Gasteiger partial charge >= 0.3 is 0 Å². The molecule has 2 heterocycles. The van der Waals surface area contributed by atoms with Crippen LogP contribution >= 0.6 is 11.6 Å². The summed E-state index contributed by atoms with van der Waals surface area (Å²) < 4.78 is 31.3. The van der Waals surface area contributed by atoms with Crippen LogP contribution in [0.1, 0.15) is 60.9 Å². The van der Waals surface area contributed by atoms with Crippen LogP contribution in [0.15, 0.2) is 98.4 Å². The van der Waals surface area contributed by atoms with Crippen LogP contribution < -0.4 is 4.74 Å². The molecule has 6 rings (SSSR count). The molecule has 0 spiro atoms. The lowest BCUT2D eigenvalue weighted by Crippen LogP contribution is -2.17. The van der Waals surface area contributed by atoms with E-state index >= 15 is 0 Å². The topological polar surface area (TPSA) is 55.3 Å². The van der Waals surface area contributed by atoms with Gasteiger partial charge in [0.25, 0.3) is 0 Å². The summed E-state index contributed by atoms with van der Waals surface area (Å²) in [5.74, 6) is 1.10. The van der Waals surface area contributed by atoms with Crippen molar-refractivity contribution in [2.75, 3.05) is 6.61 Å². The molecule has 2 aliphatic heterocycles. The van der Waals surface area contributed by atoms with Crippen molar-refractivity contribution in [3.8, 4) is 5.75 Å². The third kappa shape index (κ3) is 5.23. The smallest absolute Gasteiger partial charge is 0.205 e. The van der Waals surface area contributed by atoms with Crippen LogP contribution in [0.4, 0.5) is 0 Å². The summed E-state index contributed by atoms with van der Waals surface area (Å²) in [6, 6.07) is 25.8. The highest BCUT2D eigenvalue weighted by Crippen LogP contribution is 2.43. The van der Waals surface area contributed by atoms with E-state index in [1.165, 1.54) is 16.7 Å². The van der Waals surface area contributed by atoms with Crippen LogP contribution in [0.2, 0.25) is 5.02 Å². The quantitative estimate of drug-likeness (QED) is 0.236. The van der Waals surface area contributed by atoms with Crippen molar-refractivity contribution in [2.45, 2.75) is 65.5 Å². The number of fused-ring (bicyclic) bond motifs is 4. The minimum absolute atomic E-state index is 0.411. The molecule has 0 N–H and O–H groups in total. The fourth-order valence-corrected chi connectivity index (χ4v) is 8.47. The maximum absolute atomic E-state index is 12.8. The van der Waals surface area contributed by atoms with Crippen molar-refractivity contribution in [1.82, 2.24) is 0 Å². The summed E-state index contributed by atoms with van der Waals surface area (Å²) >= 11 is 4.04. The molecule has 38 heavy (non-hydrogen) atoms. The first kappa shape index (κ1) is 27.2. The molecule has 0 aromatic heterocycles. The standard InChI is InChI=1S/C16H15ClO2S.C16H16OS/c1-2-9-19-14-8-7-13(17)12-10-11-5-3-4-6-15(11)20(18)16(12)14;1-11(2)14-8-5-7-13-10-12-6-3-4-9-15(12)18(17)16(13)14/h3-8H,2,9-10H2,1H3;3-9,11H,10H2,1-2H3. The fraction of sp³-hybridized carbons (Fsp3) is 0.250. The molecule has 2 atom stereocenters. The largest absolute Gasteiger partial charge is 0.606 e. The van der Waals surface area contributed by atoms with Crippen LogP contribution in [-0.2, 0) is 35.2 Å². The number of hydrogen-bond acceptors (Lipinski definition) is 3. The van der Waals surface area contributed by atoms with Crippen molar-refractivity contribution in [1.29, 1.82) is 0 Å². The normalized spacial score (nSPS) is 16.9. The Morgan fingerprint density at radius 2 is 1.37 bits per heavy atom. The first-order chi connectivity index (χ1) is 18.4. The van der Waals surface area contributed by atoms with Gasteiger partial charge in [0.2, 0.25) is 4.90 Å². The Hall–Kier alpha value is -2.41. The summed E-state index contributed by atoms with van der Waals surface area (Å²) in [6.45, 7) is 6.99. The Labute approximate surface area is 236 Å². The zero-order valence-corrected chi connectivity index (χ0v) is 24.2. The zero-order valence-electron chi connectivity index (χ0n) is 21.8. The molecule has 0 saturated heterocycles. The predicted octanol–water partition coefficient (Wildman–Crippen LogP) is 8.08. The molecular weight excluding hydrogens is 532 g/mol. The summed E-state index contributed by atoms with van der Waals surface area (Å²) in [4.78, 5) is 3.64. The lowest BCUT2D eigenvalue weighted by atomic mass is 9.97. The van der Waals surface area contributed by atoms with Gasteiger partial charge in [-0.25, -0.2) is 0 Å². The zero-order chi connectivity index (χ0) is 26.8. The average molecular weight is 563 g/mol. The highest BCUT2D eigenvalue weighted by Gasteiger charge is 2.33. The second kappa shape index (κ2) is 11.8. The third-order valence-electron chi connectivity index (χ3n) is 6.84. The summed E-state index contributed by atoms with van der Waals surface area (Å²) in [7, 11) is 0. The number of rotatable bonds is 4. The minimum Gasteiger partial charge on any atom is -0.606 e. The Bertz CT molecular complexity index is 1450. The van der Waals surface area contributed by atoms with Crippen LogP contribution in [0.5, 0.6) is 5.75 Å². The van der Waals surface area contributed by atoms with Gasteiger partial charge in [0, 0.05) is 68.0 Å². The molecule has 0 bridgehead atoms. The third-order valence-corrected chi connectivity index (χ3v) is 10.5.